The Labute approximate surface area is 135 Å². The van der Waals surface area contributed by atoms with Gasteiger partial charge < -0.3 is 10.1 Å². The van der Waals surface area contributed by atoms with Crippen LogP contribution >= 0.6 is 0 Å². The average Bonchev–Trinajstić information content (AvgIpc) is 3.33. The summed E-state index contributed by atoms with van der Waals surface area (Å²) in [4.78, 5) is 34.7. The minimum atomic E-state index is -4.58. The van der Waals surface area contributed by atoms with Crippen LogP contribution in [0.5, 0.6) is 0 Å². The summed E-state index contributed by atoms with van der Waals surface area (Å²) in [7, 11) is 0. The molecule has 24 heavy (non-hydrogen) atoms. The molecule has 2 N–H and O–H groups in total. The van der Waals surface area contributed by atoms with Crippen LogP contribution in [0.25, 0.3) is 0 Å². The van der Waals surface area contributed by atoms with Crippen molar-refractivity contribution in [1.82, 2.24) is 10.6 Å². The first kappa shape index (κ1) is 17.8. The maximum Gasteiger partial charge on any atom is 0.405 e. The van der Waals surface area contributed by atoms with Crippen molar-refractivity contribution in [2.75, 3.05) is 13.2 Å². The van der Waals surface area contributed by atoms with Crippen LogP contribution in [0.4, 0.5) is 18.0 Å². The van der Waals surface area contributed by atoms with Crippen LogP contribution in [0.1, 0.15) is 18.4 Å². The molecule has 0 heterocycles. The summed E-state index contributed by atoms with van der Waals surface area (Å²) >= 11 is 0. The molecular formula is C15H15F3N2O4. The van der Waals surface area contributed by atoms with E-state index in [-0.39, 0.29) is 0 Å². The first-order chi connectivity index (χ1) is 11.2. The molecule has 0 radical (unpaired) electrons. The number of hydrogen-bond acceptors (Lipinski definition) is 4. The smallest absolute Gasteiger partial charge is 0.405 e. The molecule has 6 nitrogen and oxygen atoms in total. The number of carbonyl (C=O) groups is 3. The van der Waals surface area contributed by atoms with Crippen molar-refractivity contribution in [3.8, 4) is 0 Å². The van der Waals surface area contributed by atoms with Gasteiger partial charge in [0.05, 0.1) is 5.41 Å². The SMILES string of the molecule is O=C(COC(=O)C1(c2ccccc2)CC1)NC(=O)NCC(F)(F)F. The second kappa shape index (κ2) is 6.90. The van der Waals surface area contributed by atoms with Crippen LogP contribution in [0.3, 0.4) is 0 Å². The van der Waals surface area contributed by atoms with E-state index in [2.05, 4.69) is 0 Å². The summed E-state index contributed by atoms with van der Waals surface area (Å²) in [5.74, 6) is -1.61. The standard InChI is InChI=1S/C15H15F3N2O4/c16-15(17,18)9-19-13(23)20-11(21)8-24-12(22)14(6-7-14)10-4-2-1-3-5-10/h1-5H,6-9H2,(H2,19,20,21,23). The molecule has 9 heteroatoms. The number of carbonyl (C=O) groups excluding carboxylic acids is 3. The van der Waals surface area contributed by atoms with Gasteiger partial charge in [0.25, 0.3) is 5.91 Å². The van der Waals surface area contributed by atoms with Crippen molar-refractivity contribution in [2.45, 2.75) is 24.4 Å². The van der Waals surface area contributed by atoms with E-state index in [0.29, 0.717) is 12.8 Å². The van der Waals surface area contributed by atoms with Gasteiger partial charge in [-0.1, -0.05) is 30.3 Å². The molecule has 0 aliphatic heterocycles. The normalized spacial score (nSPS) is 15.3. The predicted molar refractivity (Wildman–Crippen MR) is 75.9 cm³/mol. The number of rotatable bonds is 5. The molecule has 1 aliphatic rings. The van der Waals surface area contributed by atoms with Gasteiger partial charge in [-0.3, -0.25) is 14.9 Å². The fraction of sp³-hybridized carbons (Fsp3) is 0.400. The molecule has 1 aromatic carbocycles. The van der Waals surface area contributed by atoms with Crippen LogP contribution in [0.2, 0.25) is 0 Å². The van der Waals surface area contributed by atoms with Gasteiger partial charge in [-0.25, -0.2) is 4.79 Å². The minimum Gasteiger partial charge on any atom is -0.455 e. The largest absolute Gasteiger partial charge is 0.455 e. The second-order valence-electron chi connectivity index (χ2n) is 5.37. The third kappa shape index (κ3) is 4.71. The molecule has 1 aliphatic carbocycles. The lowest BCUT2D eigenvalue weighted by molar-refractivity contribution is -0.150. The van der Waals surface area contributed by atoms with E-state index in [1.807, 2.05) is 0 Å². The van der Waals surface area contributed by atoms with E-state index in [1.165, 1.54) is 5.32 Å². The summed E-state index contributed by atoms with van der Waals surface area (Å²) in [6.07, 6.45) is -3.41. The number of nitrogens with one attached hydrogen (secondary N) is 2. The second-order valence-corrected chi connectivity index (χ2v) is 5.37. The molecule has 0 atom stereocenters. The molecule has 0 aromatic heterocycles. The summed E-state index contributed by atoms with van der Waals surface area (Å²) in [5.41, 5.74) is -0.00147. The fourth-order valence-electron chi connectivity index (χ4n) is 2.15. The Morgan fingerprint density at radius 3 is 2.29 bits per heavy atom. The molecule has 2 rings (SSSR count). The van der Waals surface area contributed by atoms with Crippen LogP contribution < -0.4 is 10.6 Å². The van der Waals surface area contributed by atoms with Crippen LogP contribution in [-0.4, -0.2) is 37.2 Å². The lowest BCUT2D eigenvalue weighted by Gasteiger charge is -2.14. The first-order valence-electron chi connectivity index (χ1n) is 7.10. The molecule has 1 aromatic rings. The van der Waals surface area contributed by atoms with Gasteiger partial charge in [-0.15, -0.1) is 0 Å². The number of ether oxygens (including phenoxy) is 1. The van der Waals surface area contributed by atoms with Crippen molar-refractivity contribution < 1.29 is 32.3 Å². The van der Waals surface area contributed by atoms with Gasteiger partial charge in [0, 0.05) is 0 Å². The zero-order valence-electron chi connectivity index (χ0n) is 12.5. The number of hydrogen-bond donors (Lipinski definition) is 2. The third-order valence-electron chi connectivity index (χ3n) is 3.50. The molecule has 1 saturated carbocycles. The quantitative estimate of drug-likeness (QED) is 0.796. The van der Waals surface area contributed by atoms with Gasteiger partial charge >= 0.3 is 18.2 Å². The Kier molecular flexibility index (Phi) is 5.10. The summed E-state index contributed by atoms with van der Waals surface area (Å²) in [5, 5.41) is 3.13. The zero-order valence-corrected chi connectivity index (χ0v) is 12.5. The Hall–Kier alpha value is -2.58. The Morgan fingerprint density at radius 1 is 1.12 bits per heavy atom. The Morgan fingerprint density at radius 2 is 1.75 bits per heavy atom. The molecule has 130 valence electrons. The van der Waals surface area contributed by atoms with Gasteiger partial charge in [0.1, 0.15) is 6.54 Å². The maximum absolute atomic E-state index is 12.1. The Balaban J connectivity index is 1.78. The number of benzene rings is 1. The number of imide groups is 1. The van der Waals surface area contributed by atoms with E-state index in [1.54, 1.807) is 35.6 Å². The van der Waals surface area contributed by atoms with Crippen molar-refractivity contribution in [1.29, 1.82) is 0 Å². The highest BCUT2D eigenvalue weighted by Crippen LogP contribution is 2.49. The number of amides is 3. The van der Waals surface area contributed by atoms with Crippen molar-refractivity contribution >= 4 is 17.9 Å². The molecule has 1 fully saturated rings. The molecular weight excluding hydrogens is 329 g/mol. The Bertz CT molecular complexity index is 627. The highest BCUT2D eigenvalue weighted by atomic mass is 19.4. The van der Waals surface area contributed by atoms with Crippen molar-refractivity contribution in [3.05, 3.63) is 35.9 Å². The van der Waals surface area contributed by atoms with Crippen LogP contribution in [0.15, 0.2) is 30.3 Å². The number of esters is 1. The zero-order chi connectivity index (χ0) is 17.8. The number of alkyl halides is 3. The van der Waals surface area contributed by atoms with Gasteiger partial charge in [-0.2, -0.15) is 13.2 Å². The minimum absolute atomic E-state index is 0.587. The van der Waals surface area contributed by atoms with E-state index in [9.17, 15) is 27.6 Å². The number of urea groups is 1. The van der Waals surface area contributed by atoms with E-state index in [0.717, 1.165) is 5.56 Å². The number of halogens is 3. The van der Waals surface area contributed by atoms with Gasteiger partial charge in [-0.05, 0) is 18.4 Å². The molecule has 0 saturated heterocycles. The summed E-state index contributed by atoms with van der Waals surface area (Å²) < 4.78 is 40.6. The molecule has 0 bridgehead atoms. The third-order valence-corrected chi connectivity index (χ3v) is 3.50. The monoisotopic (exact) mass is 344 g/mol. The van der Waals surface area contributed by atoms with Crippen LogP contribution in [-0.2, 0) is 19.7 Å². The van der Waals surface area contributed by atoms with Crippen molar-refractivity contribution in [3.63, 3.8) is 0 Å². The van der Waals surface area contributed by atoms with Crippen molar-refractivity contribution in [2.24, 2.45) is 0 Å². The fourth-order valence-corrected chi connectivity index (χ4v) is 2.15. The lowest BCUT2D eigenvalue weighted by Crippen LogP contribution is -2.45. The average molecular weight is 344 g/mol. The van der Waals surface area contributed by atoms with Gasteiger partial charge in [0.15, 0.2) is 6.61 Å². The molecule has 0 spiro atoms. The molecule has 3 amide bonds. The van der Waals surface area contributed by atoms with E-state index >= 15 is 0 Å². The van der Waals surface area contributed by atoms with Crippen LogP contribution in [0, 0.1) is 0 Å². The lowest BCUT2D eigenvalue weighted by atomic mass is 9.96. The van der Waals surface area contributed by atoms with Gasteiger partial charge in [0.2, 0.25) is 0 Å². The molecule has 0 unspecified atom stereocenters. The summed E-state index contributed by atoms with van der Waals surface area (Å²) in [6.45, 7) is -2.31. The first-order valence-corrected chi connectivity index (χ1v) is 7.10. The summed E-state index contributed by atoms with van der Waals surface area (Å²) in [6, 6.07) is 7.61. The predicted octanol–water partition coefficient (Wildman–Crippen LogP) is 1.65. The maximum atomic E-state index is 12.1. The highest BCUT2D eigenvalue weighted by molar-refractivity contribution is 5.96. The van der Waals surface area contributed by atoms with E-state index < -0.39 is 42.7 Å². The topological polar surface area (TPSA) is 84.5 Å². The van der Waals surface area contributed by atoms with E-state index in [4.69, 9.17) is 4.74 Å². The highest BCUT2D eigenvalue weighted by Gasteiger charge is 2.52.